The second-order valence-electron chi connectivity index (χ2n) is 6.21. The molecule has 1 fully saturated rings. The first kappa shape index (κ1) is 16.0. The van der Waals surface area contributed by atoms with Crippen LogP contribution < -0.4 is 5.32 Å². The van der Waals surface area contributed by atoms with Crippen LogP contribution >= 0.6 is 0 Å². The molecule has 1 saturated carbocycles. The molecule has 2 N–H and O–H groups in total. The molecule has 1 aliphatic rings. The van der Waals surface area contributed by atoms with E-state index in [1.54, 1.807) is 6.92 Å². The first-order chi connectivity index (χ1) is 11.0. The Labute approximate surface area is 133 Å². The molecule has 0 unspecified atom stereocenters. The minimum atomic E-state index is -1.57. The largest absolute Gasteiger partial charge is 0.381 e. The van der Waals surface area contributed by atoms with Gasteiger partial charge in [0.1, 0.15) is 29.9 Å². The lowest BCUT2D eigenvalue weighted by molar-refractivity contribution is -0.0202. The molecule has 23 heavy (non-hydrogen) atoms. The van der Waals surface area contributed by atoms with E-state index >= 15 is 0 Å². The van der Waals surface area contributed by atoms with Gasteiger partial charge in [-0.25, -0.2) is 18.4 Å². The predicted molar refractivity (Wildman–Crippen MR) is 80.5 cm³/mol. The van der Waals surface area contributed by atoms with Crippen LogP contribution in [0, 0.1) is 17.6 Å². The summed E-state index contributed by atoms with van der Waals surface area (Å²) in [4.78, 5) is 3.85. The zero-order valence-electron chi connectivity index (χ0n) is 12.9. The van der Waals surface area contributed by atoms with Crippen molar-refractivity contribution >= 4 is 0 Å². The summed E-state index contributed by atoms with van der Waals surface area (Å²) < 4.78 is 28.9. The van der Waals surface area contributed by atoms with Gasteiger partial charge in [-0.05, 0) is 38.3 Å². The van der Waals surface area contributed by atoms with Crippen LogP contribution in [0.1, 0.15) is 25.3 Å². The molecule has 5 nitrogen and oxygen atoms in total. The van der Waals surface area contributed by atoms with E-state index in [9.17, 15) is 13.9 Å². The highest BCUT2D eigenvalue weighted by atomic mass is 19.1. The summed E-state index contributed by atoms with van der Waals surface area (Å²) in [6.07, 6.45) is 5.15. The molecule has 0 spiro atoms. The second-order valence-corrected chi connectivity index (χ2v) is 6.21. The highest BCUT2D eigenvalue weighted by Crippen LogP contribution is 2.32. The summed E-state index contributed by atoms with van der Waals surface area (Å²) in [5.74, 6) is -0.827. The predicted octanol–water partition coefficient (Wildman–Crippen LogP) is 1.83. The maximum Gasteiger partial charge on any atom is 0.137 e. The van der Waals surface area contributed by atoms with E-state index < -0.39 is 23.3 Å². The van der Waals surface area contributed by atoms with Crippen molar-refractivity contribution in [1.82, 2.24) is 20.1 Å². The normalized spacial score (nSPS) is 18.6. The van der Waals surface area contributed by atoms with Gasteiger partial charge in [0.05, 0.1) is 6.54 Å². The molecule has 2 atom stereocenters. The SMILES string of the molecule is C[C@@H](NCC1CC1)[C@](O)(Cn1cncn1)c1ccc(F)cc1F. The van der Waals surface area contributed by atoms with E-state index in [1.165, 1.54) is 36.2 Å². The topological polar surface area (TPSA) is 63.0 Å². The fraction of sp³-hybridized carbons (Fsp3) is 0.500. The molecule has 0 saturated heterocycles. The molecular weight excluding hydrogens is 302 g/mol. The van der Waals surface area contributed by atoms with E-state index in [-0.39, 0.29) is 12.1 Å². The third-order valence-electron chi connectivity index (χ3n) is 4.39. The summed E-state index contributed by atoms with van der Waals surface area (Å²) in [5.41, 5.74) is -1.52. The van der Waals surface area contributed by atoms with E-state index in [0.717, 1.165) is 18.7 Å². The molecule has 7 heteroatoms. The molecular formula is C16H20F2N4O. The Morgan fingerprint density at radius 2 is 2.22 bits per heavy atom. The van der Waals surface area contributed by atoms with Gasteiger partial charge in [0, 0.05) is 17.7 Å². The first-order valence-corrected chi connectivity index (χ1v) is 7.73. The van der Waals surface area contributed by atoms with Gasteiger partial charge in [-0.15, -0.1) is 0 Å². The monoisotopic (exact) mass is 322 g/mol. The molecule has 3 rings (SSSR count). The zero-order valence-corrected chi connectivity index (χ0v) is 12.9. The molecule has 0 aliphatic heterocycles. The summed E-state index contributed by atoms with van der Waals surface area (Å²) in [6, 6.07) is 2.79. The minimum absolute atomic E-state index is 0.0222. The third kappa shape index (κ3) is 3.56. The molecule has 1 aromatic heterocycles. The van der Waals surface area contributed by atoms with Gasteiger partial charge in [-0.3, -0.25) is 0 Å². The smallest absolute Gasteiger partial charge is 0.137 e. The first-order valence-electron chi connectivity index (χ1n) is 7.73. The Kier molecular flexibility index (Phi) is 4.41. The van der Waals surface area contributed by atoms with E-state index in [1.807, 2.05) is 0 Å². The Morgan fingerprint density at radius 3 is 2.83 bits per heavy atom. The van der Waals surface area contributed by atoms with Crippen molar-refractivity contribution in [3.8, 4) is 0 Å². The van der Waals surface area contributed by atoms with Crippen LogP contribution in [-0.2, 0) is 12.1 Å². The number of benzene rings is 1. The molecule has 1 aliphatic carbocycles. The van der Waals surface area contributed by atoms with Crippen molar-refractivity contribution < 1.29 is 13.9 Å². The number of halogens is 2. The van der Waals surface area contributed by atoms with Crippen molar-refractivity contribution in [2.75, 3.05) is 6.54 Å². The van der Waals surface area contributed by atoms with Crippen LogP contribution in [-0.4, -0.2) is 32.5 Å². The number of aromatic nitrogens is 3. The summed E-state index contributed by atoms with van der Waals surface area (Å²) in [6.45, 7) is 2.58. The molecule has 1 heterocycles. The summed E-state index contributed by atoms with van der Waals surface area (Å²) in [5, 5.41) is 18.5. The standard InChI is InChI=1S/C16H20F2N4O/c1-11(20-7-12-2-3-12)16(23,8-22-10-19-9-21-22)14-5-4-13(17)6-15(14)18/h4-6,9-12,20,23H,2-3,7-8H2,1H3/t11-,16-/m1/s1. The van der Waals surface area contributed by atoms with Gasteiger partial charge in [0.2, 0.25) is 0 Å². The highest BCUT2D eigenvalue weighted by molar-refractivity contribution is 5.27. The van der Waals surface area contributed by atoms with Gasteiger partial charge in [-0.2, -0.15) is 5.10 Å². The Hall–Kier alpha value is -1.86. The molecule has 0 amide bonds. The van der Waals surface area contributed by atoms with Gasteiger partial charge < -0.3 is 10.4 Å². The maximum absolute atomic E-state index is 14.3. The van der Waals surface area contributed by atoms with E-state index in [4.69, 9.17) is 0 Å². The average molecular weight is 322 g/mol. The molecule has 0 bridgehead atoms. The lowest BCUT2D eigenvalue weighted by atomic mass is 9.86. The van der Waals surface area contributed by atoms with Crippen molar-refractivity contribution in [2.24, 2.45) is 5.92 Å². The second kappa shape index (κ2) is 6.33. The Bertz CT molecular complexity index is 660. The maximum atomic E-state index is 14.3. The number of nitrogens with one attached hydrogen (secondary N) is 1. The Balaban J connectivity index is 1.90. The highest BCUT2D eigenvalue weighted by Gasteiger charge is 2.39. The summed E-state index contributed by atoms with van der Waals surface area (Å²) in [7, 11) is 0. The number of hydrogen-bond acceptors (Lipinski definition) is 4. The molecule has 2 aromatic rings. The van der Waals surface area contributed by atoms with Gasteiger partial charge >= 0.3 is 0 Å². The number of nitrogens with zero attached hydrogens (tertiary/aromatic N) is 3. The van der Waals surface area contributed by atoms with Crippen LogP contribution in [0.15, 0.2) is 30.9 Å². The number of rotatable bonds is 7. The number of hydrogen-bond donors (Lipinski definition) is 2. The van der Waals surface area contributed by atoms with Crippen LogP contribution in [0.3, 0.4) is 0 Å². The quantitative estimate of drug-likeness (QED) is 0.816. The third-order valence-corrected chi connectivity index (χ3v) is 4.39. The van der Waals surface area contributed by atoms with Crippen molar-refractivity contribution in [2.45, 2.75) is 38.0 Å². The Morgan fingerprint density at radius 1 is 1.43 bits per heavy atom. The van der Waals surface area contributed by atoms with Crippen molar-refractivity contribution in [3.63, 3.8) is 0 Å². The fourth-order valence-corrected chi connectivity index (χ4v) is 2.69. The van der Waals surface area contributed by atoms with E-state index in [0.29, 0.717) is 5.92 Å². The lowest BCUT2D eigenvalue weighted by Gasteiger charge is -2.35. The van der Waals surface area contributed by atoms with Gasteiger partial charge in [0.25, 0.3) is 0 Å². The zero-order chi connectivity index (χ0) is 16.4. The van der Waals surface area contributed by atoms with Crippen molar-refractivity contribution in [1.29, 1.82) is 0 Å². The van der Waals surface area contributed by atoms with Crippen LogP contribution in [0.4, 0.5) is 8.78 Å². The van der Waals surface area contributed by atoms with Crippen LogP contribution in [0.5, 0.6) is 0 Å². The van der Waals surface area contributed by atoms with Crippen LogP contribution in [0.25, 0.3) is 0 Å². The van der Waals surface area contributed by atoms with Gasteiger partial charge in [-0.1, -0.05) is 6.07 Å². The molecule has 124 valence electrons. The average Bonchev–Trinajstić information content (AvgIpc) is 3.20. The van der Waals surface area contributed by atoms with Crippen LogP contribution in [0.2, 0.25) is 0 Å². The fourth-order valence-electron chi connectivity index (χ4n) is 2.69. The van der Waals surface area contributed by atoms with Crippen molar-refractivity contribution in [3.05, 3.63) is 48.1 Å². The van der Waals surface area contributed by atoms with Gasteiger partial charge in [0.15, 0.2) is 0 Å². The minimum Gasteiger partial charge on any atom is -0.381 e. The number of aliphatic hydroxyl groups is 1. The molecule has 0 radical (unpaired) electrons. The van der Waals surface area contributed by atoms with E-state index in [2.05, 4.69) is 15.4 Å². The summed E-state index contributed by atoms with van der Waals surface area (Å²) >= 11 is 0. The lowest BCUT2D eigenvalue weighted by Crippen LogP contribution is -2.50. The molecule has 1 aromatic carbocycles.